The van der Waals surface area contributed by atoms with Crippen LogP contribution in [0.3, 0.4) is 0 Å². The van der Waals surface area contributed by atoms with E-state index in [0.717, 1.165) is 30.9 Å². The summed E-state index contributed by atoms with van der Waals surface area (Å²) in [4.78, 5) is 8.23. The SMILES string of the molecule is CCCN(C)c1nc2c(s1)C(N)CCC2. The summed E-state index contributed by atoms with van der Waals surface area (Å²) in [5.74, 6) is 0. The molecule has 0 saturated carbocycles. The van der Waals surface area contributed by atoms with Crippen molar-refractivity contribution in [2.75, 3.05) is 18.5 Å². The van der Waals surface area contributed by atoms with Crippen LogP contribution in [-0.4, -0.2) is 18.6 Å². The fourth-order valence-electron chi connectivity index (χ4n) is 2.03. The van der Waals surface area contributed by atoms with E-state index < -0.39 is 0 Å². The van der Waals surface area contributed by atoms with Crippen LogP contribution < -0.4 is 10.6 Å². The minimum absolute atomic E-state index is 0.232. The standard InChI is InChI=1S/C11H19N3S/c1-3-7-14(2)11-13-9-6-4-5-8(12)10(9)15-11/h8H,3-7,12H2,1-2H3. The Hall–Kier alpha value is -0.610. The summed E-state index contributed by atoms with van der Waals surface area (Å²) in [7, 11) is 2.11. The molecule has 1 aromatic heterocycles. The Morgan fingerprint density at radius 2 is 2.40 bits per heavy atom. The van der Waals surface area contributed by atoms with E-state index >= 15 is 0 Å². The lowest BCUT2D eigenvalue weighted by molar-refractivity contribution is 0.573. The maximum Gasteiger partial charge on any atom is 0.185 e. The zero-order chi connectivity index (χ0) is 10.8. The van der Waals surface area contributed by atoms with Gasteiger partial charge >= 0.3 is 0 Å². The maximum absolute atomic E-state index is 6.09. The highest BCUT2D eigenvalue weighted by atomic mass is 32.1. The molecule has 1 heterocycles. The smallest absolute Gasteiger partial charge is 0.185 e. The Balaban J connectivity index is 2.21. The van der Waals surface area contributed by atoms with Gasteiger partial charge in [0.15, 0.2) is 5.13 Å². The first-order valence-electron chi connectivity index (χ1n) is 5.68. The van der Waals surface area contributed by atoms with Gasteiger partial charge in [-0.2, -0.15) is 0 Å². The van der Waals surface area contributed by atoms with Gasteiger partial charge < -0.3 is 10.6 Å². The molecule has 2 rings (SSSR count). The van der Waals surface area contributed by atoms with Crippen LogP contribution >= 0.6 is 11.3 Å². The van der Waals surface area contributed by atoms with Gasteiger partial charge in [-0.3, -0.25) is 0 Å². The highest BCUT2D eigenvalue weighted by Gasteiger charge is 2.22. The number of aromatic nitrogens is 1. The van der Waals surface area contributed by atoms with Crippen LogP contribution in [0.4, 0.5) is 5.13 Å². The second kappa shape index (κ2) is 4.49. The van der Waals surface area contributed by atoms with Crippen molar-refractivity contribution in [3.8, 4) is 0 Å². The molecule has 15 heavy (non-hydrogen) atoms. The Morgan fingerprint density at radius 1 is 1.60 bits per heavy atom. The zero-order valence-electron chi connectivity index (χ0n) is 9.49. The molecule has 1 aromatic rings. The molecule has 0 bridgehead atoms. The van der Waals surface area contributed by atoms with E-state index in [4.69, 9.17) is 5.73 Å². The third kappa shape index (κ3) is 2.16. The largest absolute Gasteiger partial charge is 0.351 e. The van der Waals surface area contributed by atoms with E-state index in [0.29, 0.717) is 0 Å². The summed E-state index contributed by atoms with van der Waals surface area (Å²) in [5, 5.41) is 1.14. The van der Waals surface area contributed by atoms with Crippen molar-refractivity contribution in [1.82, 2.24) is 4.98 Å². The van der Waals surface area contributed by atoms with Crippen LogP contribution in [0.15, 0.2) is 0 Å². The van der Waals surface area contributed by atoms with Crippen molar-refractivity contribution in [2.45, 2.75) is 38.6 Å². The van der Waals surface area contributed by atoms with Gasteiger partial charge in [-0.15, -0.1) is 11.3 Å². The fourth-order valence-corrected chi connectivity index (χ4v) is 3.17. The summed E-state index contributed by atoms with van der Waals surface area (Å²) >= 11 is 1.78. The first kappa shape index (κ1) is 10.9. The minimum Gasteiger partial charge on any atom is -0.351 e. The molecule has 3 nitrogen and oxygen atoms in total. The Labute approximate surface area is 95.3 Å². The molecule has 0 spiro atoms. The second-order valence-corrected chi connectivity index (χ2v) is 5.24. The molecule has 0 saturated heterocycles. The second-order valence-electron chi connectivity index (χ2n) is 4.23. The molecular weight excluding hydrogens is 206 g/mol. The first-order valence-corrected chi connectivity index (χ1v) is 6.50. The van der Waals surface area contributed by atoms with Crippen LogP contribution in [-0.2, 0) is 6.42 Å². The Kier molecular flexibility index (Phi) is 3.26. The summed E-state index contributed by atoms with van der Waals surface area (Å²) in [6.07, 6.45) is 4.58. The average molecular weight is 225 g/mol. The van der Waals surface area contributed by atoms with Gasteiger partial charge in [-0.1, -0.05) is 6.92 Å². The Bertz CT molecular complexity index is 335. The number of anilines is 1. The molecule has 0 aromatic carbocycles. The lowest BCUT2D eigenvalue weighted by atomic mass is 9.99. The number of fused-ring (bicyclic) bond motifs is 1. The maximum atomic E-state index is 6.09. The highest BCUT2D eigenvalue weighted by molar-refractivity contribution is 7.15. The van der Waals surface area contributed by atoms with Gasteiger partial charge in [0.25, 0.3) is 0 Å². The van der Waals surface area contributed by atoms with Crippen LogP contribution in [0.25, 0.3) is 0 Å². The number of aryl methyl sites for hydroxylation is 1. The fraction of sp³-hybridized carbons (Fsp3) is 0.727. The minimum atomic E-state index is 0.232. The van der Waals surface area contributed by atoms with Crippen LogP contribution in [0.2, 0.25) is 0 Å². The molecular formula is C11H19N3S. The molecule has 1 aliphatic carbocycles. The molecule has 1 unspecified atom stereocenters. The molecule has 0 fully saturated rings. The lowest BCUT2D eigenvalue weighted by Gasteiger charge is -2.15. The number of nitrogens with two attached hydrogens (primary N) is 1. The van der Waals surface area contributed by atoms with Gasteiger partial charge in [0.1, 0.15) is 0 Å². The Morgan fingerprint density at radius 3 is 3.07 bits per heavy atom. The number of thiazole rings is 1. The monoisotopic (exact) mass is 225 g/mol. The van der Waals surface area contributed by atoms with Gasteiger partial charge in [-0.25, -0.2) is 4.98 Å². The van der Waals surface area contributed by atoms with Crippen LogP contribution in [0.5, 0.6) is 0 Å². The lowest BCUT2D eigenvalue weighted by Crippen LogP contribution is -2.17. The molecule has 2 N–H and O–H groups in total. The topological polar surface area (TPSA) is 42.2 Å². The molecule has 0 amide bonds. The number of rotatable bonds is 3. The van der Waals surface area contributed by atoms with E-state index in [9.17, 15) is 0 Å². The first-order chi connectivity index (χ1) is 7.22. The summed E-state index contributed by atoms with van der Waals surface area (Å²) in [6, 6.07) is 0.232. The van der Waals surface area contributed by atoms with E-state index in [1.807, 2.05) is 0 Å². The van der Waals surface area contributed by atoms with Crippen molar-refractivity contribution in [3.63, 3.8) is 0 Å². The number of nitrogens with zero attached hydrogens (tertiary/aromatic N) is 2. The predicted octanol–water partition coefficient (Wildman–Crippen LogP) is 2.33. The molecule has 1 atom stereocenters. The summed E-state index contributed by atoms with van der Waals surface area (Å²) < 4.78 is 0. The molecule has 0 radical (unpaired) electrons. The zero-order valence-corrected chi connectivity index (χ0v) is 10.3. The third-order valence-electron chi connectivity index (χ3n) is 2.87. The van der Waals surface area contributed by atoms with E-state index in [-0.39, 0.29) is 6.04 Å². The number of hydrogen-bond donors (Lipinski definition) is 1. The van der Waals surface area contributed by atoms with Gasteiger partial charge in [0.2, 0.25) is 0 Å². The molecule has 84 valence electrons. The predicted molar refractivity (Wildman–Crippen MR) is 65.5 cm³/mol. The van der Waals surface area contributed by atoms with Crippen molar-refractivity contribution in [3.05, 3.63) is 10.6 Å². The molecule has 1 aliphatic rings. The van der Waals surface area contributed by atoms with E-state index in [1.54, 1.807) is 11.3 Å². The van der Waals surface area contributed by atoms with Crippen LogP contribution in [0, 0.1) is 0 Å². The summed E-state index contributed by atoms with van der Waals surface area (Å²) in [5.41, 5.74) is 7.33. The van der Waals surface area contributed by atoms with Crippen molar-refractivity contribution in [1.29, 1.82) is 0 Å². The van der Waals surface area contributed by atoms with Crippen LogP contribution in [0.1, 0.15) is 42.8 Å². The van der Waals surface area contributed by atoms with Gasteiger partial charge in [0, 0.05) is 24.5 Å². The van der Waals surface area contributed by atoms with Gasteiger partial charge in [0.05, 0.1) is 5.69 Å². The summed E-state index contributed by atoms with van der Waals surface area (Å²) in [6.45, 7) is 3.26. The normalized spacial score (nSPS) is 20.1. The average Bonchev–Trinajstić information content (AvgIpc) is 2.63. The third-order valence-corrected chi connectivity index (χ3v) is 4.21. The van der Waals surface area contributed by atoms with E-state index in [1.165, 1.54) is 17.0 Å². The van der Waals surface area contributed by atoms with Crippen molar-refractivity contribution in [2.24, 2.45) is 5.73 Å². The molecule has 4 heteroatoms. The van der Waals surface area contributed by atoms with Crippen molar-refractivity contribution >= 4 is 16.5 Å². The van der Waals surface area contributed by atoms with E-state index in [2.05, 4.69) is 23.9 Å². The highest BCUT2D eigenvalue weighted by Crippen LogP contribution is 2.35. The van der Waals surface area contributed by atoms with Crippen molar-refractivity contribution < 1.29 is 0 Å². The quantitative estimate of drug-likeness (QED) is 0.858. The molecule has 0 aliphatic heterocycles. The number of hydrogen-bond acceptors (Lipinski definition) is 4. The van der Waals surface area contributed by atoms with Gasteiger partial charge in [-0.05, 0) is 25.7 Å².